The molecule has 150 valence electrons. The number of nitrogens with one attached hydrogen (secondary N) is 2. The van der Waals surface area contributed by atoms with Crippen LogP contribution in [-0.2, 0) is 9.59 Å². The monoisotopic (exact) mass is 403 g/mol. The van der Waals surface area contributed by atoms with Crippen LogP contribution in [0.15, 0.2) is 30.3 Å². The maximum atomic E-state index is 12.4. The molecule has 0 heterocycles. The summed E-state index contributed by atoms with van der Waals surface area (Å²) in [7, 11) is 3.13. The number of hydrogen-bond acceptors (Lipinski definition) is 4. The van der Waals surface area contributed by atoms with Gasteiger partial charge in [0.15, 0.2) is 0 Å². The lowest BCUT2D eigenvalue weighted by atomic mass is 10.1. The highest BCUT2D eigenvalue weighted by Gasteiger charge is 2.15. The number of carbonyl (C=O) groups is 2. The van der Waals surface area contributed by atoms with E-state index in [1.54, 1.807) is 13.1 Å². The number of likely N-dealkylation sites (N-methyl/N-ethyl adjacent to an activating group) is 1. The van der Waals surface area contributed by atoms with Crippen LogP contribution in [0.2, 0.25) is 5.02 Å². The Balaban J connectivity index is 1.93. The molecular formula is C21H26ClN3O3. The molecule has 0 aliphatic heterocycles. The van der Waals surface area contributed by atoms with Crippen LogP contribution in [0.5, 0.6) is 5.75 Å². The molecule has 0 atom stereocenters. The first-order chi connectivity index (χ1) is 13.2. The molecule has 0 unspecified atom stereocenters. The Morgan fingerprint density at radius 2 is 1.79 bits per heavy atom. The Morgan fingerprint density at radius 1 is 1.07 bits per heavy atom. The second kappa shape index (κ2) is 9.46. The molecule has 7 heteroatoms. The van der Waals surface area contributed by atoms with Crippen LogP contribution in [0.1, 0.15) is 16.7 Å². The van der Waals surface area contributed by atoms with Gasteiger partial charge in [-0.3, -0.25) is 9.59 Å². The number of halogens is 1. The van der Waals surface area contributed by atoms with Crippen molar-refractivity contribution < 1.29 is 14.3 Å². The first kappa shape index (κ1) is 21.6. The van der Waals surface area contributed by atoms with Crippen LogP contribution < -0.4 is 15.4 Å². The number of anilines is 2. The van der Waals surface area contributed by atoms with Gasteiger partial charge in [0.25, 0.3) is 0 Å². The third-order valence-electron chi connectivity index (χ3n) is 4.38. The average Bonchev–Trinajstić information content (AvgIpc) is 2.64. The number of hydrogen-bond donors (Lipinski definition) is 2. The smallest absolute Gasteiger partial charge is 0.243 e. The van der Waals surface area contributed by atoms with Gasteiger partial charge in [-0.15, -0.1) is 0 Å². The molecule has 2 rings (SSSR count). The summed E-state index contributed by atoms with van der Waals surface area (Å²) in [5, 5.41) is 6.49. The SMILES string of the molecule is COc1cc(Cl)c(C)cc1NCC(=O)N(C)CC(=O)Nc1cc(C)ccc1C. The number of benzene rings is 2. The number of nitrogens with zero attached hydrogens (tertiary/aromatic N) is 1. The van der Waals surface area contributed by atoms with E-state index in [0.717, 1.165) is 22.4 Å². The molecule has 0 aromatic heterocycles. The van der Waals surface area contributed by atoms with Gasteiger partial charge < -0.3 is 20.3 Å². The van der Waals surface area contributed by atoms with Crippen LogP contribution in [0.25, 0.3) is 0 Å². The molecular weight excluding hydrogens is 378 g/mol. The second-order valence-electron chi connectivity index (χ2n) is 6.77. The van der Waals surface area contributed by atoms with E-state index in [4.69, 9.17) is 16.3 Å². The fourth-order valence-corrected chi connectivity index (χ4v) is 2.79. The lowest BCUT2D eigenvalue weighted by molar-refractivity contribution is -0.131. The van der Waals surface area contributed by atoms with E-state index < -0.39 is 0 Å². The van der Waals surface area contributed by atoms with Crippen molar-refractivity contribution >= 4 is 34.8 Å². The van der Waals surface area contributed by atoms with Gasteiger partial charge in [-0.1, -0.05) is 23.7 Å². The predicted octanol–water partition coefficient (Wildman–Crippen LogP) is 3.78. The molecule has 2 N–H and O–H groups in total. The van der Waals surface area contributed by atoms with E-state index in [-0.39, 0.29) is 24.9 Å². The predicted molar refractivity (Wildman–Crippen MR) is 113 cm³/mol. The van der Waals surface area contributed by atoms with Crippen molar-refractivity contribution in [3.05, 3.63) is 52.0 Å². The molecule has 2 amide bonds. The van der Waals surface area contributed by atoms with Gasteiger partial charge in [0.2, 0.25) is 11.8 Å². The van der Waals surface area contributed by atoms with Crippen molar-refractivity contribution in [2.75, 3.05) is 37.9 Å². The summed E-state index contributed by atoms with van der Waals surface area (Å²) < 4.78 is 5.29. The van der Waals surface area contributed by atoms with Crippen molar-refractivity contribution in [3.8, 4) is 5.75 Å². The van der Waals surface area contributed by atoms with Crippen molar-refractivity contribution in [2.24, 2.45) is 0 Å². The summed E-state index contributed by atoms with van der Waals surface area (Å²) in [6.07, 6.45) is 0. The molecule has 0 spiro atoms. The normalized spacial score (nSPS) is 10.4. The Bertz CT molecular complexity index is 883. The van der Waals surface area contributed by atoms with Gasteiger partial charge >= 0.3 is 0 Å². The molecule has 0 aliphatic carbocycles. The first-order valence-electron chi connectivity index (χ1n) is 8.90. The maximum absolute atomic E-state index is 12.4. The van der Waals surface area contributed by atoms with E-state index >= 15 is 0 Å². The summed E-state index contributed by atoms with van der Waals surface area (Å²) in [5.74, 6) is 0.0916. The molecule has 0 saturated carbocycles. The number of amides is 2. The molecule has 0 saturated heterocycles. The standard InChI is InChI=1S/C21H26ClN3O3/c1-13-6-7-14(2)17(8-13)24-20(26)12-25(4)21(27)11-23-18-9-15(3)16(22)10-19(18)28-5/h6-10,23H,11-12H2,1-5H3,(H,24,26). The minimum Gasteiger partial charge on any atom is -0.495 e. The third-order valence-corrected chi connectivity index (χ3v) is 4.79. The summed E-state index contributed by atoms with van der Waals surface area (Å²) in [5.41, 5.74) is 4.33. The zero-order valence-electron chi connectivity index (χ0n) is 16.9. The summed E-state index contributed by atoms with van der Waals surface area (Å²) in [4.78, 5) is 26.1. The van der Waals surface area contributed by atoms with Gasteiger partial charge in [0.1, 0.15) is 5.75 Å². The van der Waals surface area contributed by atoms with Gasteiger partial charge in [0, 0.05) is 23.8 Å². The van der Waals surface area contributed by atoms with Crippen LogP contribution >= 0.6 is 11.6 Å². The van der Waals surface area contributed by atoms with Gasteiger partial charge in [-0.25, -0.2) is 0 Å². The fraction of sp³-hybridized carbons (Fsp3) is 0.333. The van der Waals surface area contributed by atoms with E-state index in [9.17, 15) is 9.59 Å². The number of carbonyl (C=O) groups excluding carboxylic acids is 2. The third kappa shape index (κ3) is 5.63. The van der Waals surface area contributed by atoms with Crippen molar-refractivity contribution in [1.82, 2.24) is 4.90 Å². The maximum Gasteiger partial charge on any atom is 0.243 e. The fourth-order valence-electron chi connectivity index (χ4n) is 2.64. The van der Waals surface area contributed by atoms with E-state index in [2.05, 4.69) is 10.6 Å². The quantitative estimate of drug-likeness (QED) is 0.738. The van der Waals surface area contributed by atoms with Crippen molar-refractivity contribution in [1.29, 1.82) is 0 Å². The second-order valence-corrected chi connectivity index (χ2v) is 7.18. The first-order valence-corrected chi connectivity index (χ1v) is 9.28. The van der Waals surface area contributed by atoms with Crippen LogP contribution in [0.4, 0.5) is 11.4 Å². The lowest BCUT2D eigenvalue weighted by Crippen LogP contribution is -2.38. The molecule has 0 aliphatic rings. The van der Waals surface area contributed by atoms with Crippen LogP contribution in [-0.4, -0.2) is 44.0 Å². The summed E-state index contributed by atoms with van der Waals surface area (Å²) in [6.45, 7) is 5.76. The van der Waals surface area contributed by atoms with Crippen LogP contribution in [0, 0.1) is 20.8 Å². The molecule has 28 heavy (non-hydrogen) atoms. The Hall–Kier alpha value is -2.73. The van der Waals surface area contributed by atoms with Gasteiger partial charge in [-0.05, 0) is 49.6 Å². The lowest BCUT2D eigenvalue weighted by Gasteiger charge is -2.19. The number of methoxy groups -OCH3 is 1. The molecule has 0 bridgehead atoms. The Morgan fingerprint density at radius 3 is 2.46 bits per heavy atom. The largest absolute Gasteiger partial charge is 0.495 e. The highest BCUT2D eigenvalue weighted by Crippen LogP contribution is 2.30. The van der Waals surface area contributed by atoms with Crippen molar-refractivity contribution in [2.45, 2.75) is 20.8 Å². The van der Waals surface area contributed by atoms with Gasteiger partial charge in [-0.2, -0.15) is 0 Å². The zero-order chi connectivity index (χ0) is 20.8. The molecule has 2 aromatic carbocycles. The van der Waals surface area contributed by atoms with E-state index in [1.165, 1.54) is 12.0 Å². The number of ether oxygens (including phenoxy) is 1. The van der Waals surface area contributed by atoms with E-state index in [1.807, 2.05) is 45.0 Å². The zero-order valence-corrected chi connectivity index (χ0v) is 17.6. The Kier molecular flexibility index (Phi) is 7.29. The molecule has 0 fully saturated rings. The summed E-state index contributed by atoms with van der Waals surface area (Å²) in [6, 6.07) is 9.36. The average molecular weight is 404 g/mol. The molecule has 2 aromatic rings. The topological polar surface area (TPSA) is 70.7 Å². The number of aryl methyl sites for hydroxylation is 3. The molecule has 0 radical (unpaired) electrons. The van der Waals surface area contributed by atoms with Crippen molar-refractivity contribution in [3.63, 3.8) is 0 Å². The van der Waals surface area contributed by atoms with Gasteiger partial charge in [0.05, 0.1) is 25.9 Å². The van der Waals surface area contributed by atoms with Crippen LogP contribution in [0.3, 0.4) is 0 Å². The highest BCUT2D eigenvalue weighted by molar-refractivity contribution is 6.31. The van der Waals surface area contributed by atoms with E-state index in [0.29, 0.717) is 16.5 Å². The Labute approximate surface area is 170 Å². The minimum absolute atomic E-state index is 0.0324. The number of rotatable bonds is 7. The minimum atomic E-state index is -0.246. The summed E-state index contributed by atoms with van der Waals surface area (Å²) >= 11 is 6.09. The highest BCUT2D eigenvalue weighted by atomic mass is 35.5. The molecule has 6 nitrogen and oxygen atoms in total.